The SMILES string of the molecule is COc1cccc(C(=O)N2CCCN(C(=O)OCC(C)C)CC2)c1OC. The fourth-order valence-corrected chi connectivity index (χ4v) is 2.86. The predicted octanol–water partition coefficient (Wildman–Crippen LogP) is 2.64. The first-order valence-electron chi connectivity index (χ1n) is 8.89. The van der Waals surface area contributed by atoms with E-state index in [1.54, 1.807) is 35.1 Å². The Balaban J connectivity index is 2.05. The van der Waals surface area contributed by atoms with E-state index in [4.69, 9.17) is 14.2 Å². The first kappa shape index (κ1) is 19.9. The van der Waals surface area contributed by atoms with Crippen LogP contribution in [0.3, 0.4) is 0 Å². The monoisotopic (exact) mass is 364 g/mol. The maximum Gasteiger partial charge on any atom is 0.409 e. The lowest BCUT2D eigenvalue weighted by Crippen LogP contribution is -2.38. The van der Waals surface area contributed by atoms with Gasteiger partial charge in [-0.3, -0.25) is 4.79 Å². The van der Waals surface area contributed by atoms with Crippen LogP contribution in [0.5, 0.6) is 11.5 Å². The molecule has 0 N–H and O–H groups in total. The number of nitrogens with zero attached hydrogens (tertiary/aromatic N) is 2. The predicted molar refractivity (Wildman–Crippen MR) is 97.8 cm³/mol. The van der Waals surface area contributed by atoms with E-state index in [0.717, 1.165) is 0 Å². The highest BCUT2D eigenvalue weighted by Gasteiger charge is 2.26. The number of hydrogen-bond donors (Lipinski definition) is 0. The molecule has 0 unspecified atom stereocenters. The number of rotatable bonds is 5. The standard InChI is InChI=1S/C19H28N2O5/c1-14(2)13-26-19(23)21-10-6-9-20(11-12-21)18(22)15-7-5-8-16(24-3)17(15)25-4/h5,7-8,14H,6,9-13H2,1-4H3. The van der Waals surface area contributed by atoms with Gasteiger partial charge in [0.25, 0.3) is 5.91 Å². The van der Waals surface area contributed by atoms with E-state index in [0.29, 0.717) is 62.2 Å². The Morgan fingerprint density at radius 3 is 2.38 bits per heavy atom. The number of amides is 2. The zero-order chi connectivity index (χ0) is 19.1. The van der Waals surface area contributed by atoms with Crippen molar-refractivity contribution in [1.82, 2.24) is 9.80 Å². The Hall–Kier alpha value is -2.44. The Bertz CT molecular complexity index is 632. The van der Waals surface area contributed by atoms with E-state index >= 15 is 0 Å². The summed E-state index contributed by atoms with van der Waals surface area (Å²) >= 11 is 0. The number of para-hydroxylation sites is 1. The topological polar surface area (TPSA) is 68.3 Å². The number of hydrogen-bond acceptors (Lipinski definition) is 5. The molecule has 1 aliphatic heterocycles. The van der Waals surface area contributed by atoms with Gasteiger partial charge in [-0.2, -0.15) is 0 Å². The van der Waals surface area contributed by atoms with E-state index in [-0.39, 0.29) is 12.0 Å². The zero-order valence-electron chi connectivity index (χ0n) is 16.0. The number of benzene rings is 1. The lowest BCUT2D eigenvalue weighted by Gasteiger charge is -2.23. The lowest BCUT2D eigenvalue weighted by molar-refractivity contribution is 0.0742. The molecule has 0 radical (unpaired) electrons. The van der Waals surface area contributed by atoms with Crippen LogP contribution in [0, 0.1) is 5.92 Å². The second-order valence-electron chi connectivity index (χ2n) is 6.64. The van der Waals surface area contributed by atoms with Crippen molar-refractivity contribution in [3.05, 3.63) is 23.8 Å². The molecule has 0 saturated carbocycles. The minimum Gasteiger partial charge on any atom is -0.493 e. The van der Waals surface area contributed by atoms with Crippen LogP contribution in [-0.4, -0.2) is 68.8 Å². The molecular formula is C19H28N2O5. The van der Waals surface area contributed by atoms with Gasteiger partial charge in [0.2, 0.25) is 0 Å². The number of methoxy groups -OCH3 is 2. The third-order valence-corrected chi connectivity index (χ3v) is 4.21. The minimum absolute atomic E-state index is 0.127. The summed E-state index contributed by atoms with van der Waals surface area (Å²) in [5, 5.41) is 0. The highest BCUT2D eigenvalue weighted by molar-refractivity contribution is 5.97. The third kappa shape index (κ3) is 4.80. The average Bonchev–Trinajstić information content (AvgIpc) is 2.90. The summed E-state index contributed by atoms with van der Waals surface area (Å²) in [5.74, 6) is 1.12. The molecule has 1 aliphatic rings. The molecule has 1 aromatic rings. The molecule has 1 aromatic carbocycles. The van der Waals surface area contributed by atoms with Crippen LogP contribution in [0.15, 0.2) is 18.2 Å². The van der Waals surface area contributed by atoms with Gasteiger partial charge in [-0.05, 0) is 24.5 Å². The average molecular weight is 364 g/mol. The van der Waals surface area contributed by atoms with E-state index in [9.17, 15) is 9.59 Å². The third-order valence-electron chi connectivity index (χ3n) is 4.21. The van der Waals surface area contributed by atoms with E-state index < -0.39 is 0 Å². The molecule has 1 saturated heterocycles. The fourth-order valence-electron chi connectivity index (χ4n) is 2.86. The minimum atomic E-state index is -0.313. The normalized spacial score (nSPS) is 14.8. The summed E-state index contributed by atoms with van der Waals surface area (Å²) in [4.78, 5) is 28.5. The summed E-state index contributed by atoms with van der Waals surface area (Å²) in [6, 6.07) is 5.25. The maximum absolute atomic E-state index is 12.9. The quantitative estimate of drug-likeness (QED) is 0.803. The van der Waals surface area contributed by atoms with Crippen molar-refractivity contribution in [3.8, 4) is 11.5 Å². The molecule has 0 aromatic heterocycles. The Morgan fingerprint density at radius 1 is 1.04 bits per heavy atom. The van der Waals surface area contributed by atoms with Gasteiger partial charge in [0.05, 0.1) is 26.4 Å². The van der Waals surface area contributed by atoms with Gasteiger partial charge in [0.15, 0.2) is 11.5 Å². The second-order valence-corrected chi connectivity index (χ2v) is 6.64. The van der Waals surface area contributed by atoms with E-state index in [1.807, 2.05) is 13.8 Å². The second kappa shape index (κ2) is 9.31. The number of carbonyl (C=O) groups excluding carboxylic acids is 2. The van der Waals surface area contributed by atoms with Crippen molar-refractivity contribution in [3.63, 3.8) is 0 Å². The molecule has 0 atom stereocenters. The largest absolute Gasteiger partial charge is 0.493 e. The molecule has 1 fully saturated rings. The lowest BCUT2D eigenvalue weighted by atomic mass is 10.1. The molecule has 7 nitrogen and oxygen atoms in total. The van der Waals surface area contributed by atoms with Crippen LogP contribution in [0.25, 0.3) is 0 Å². The molecule has 144 valence electrons. The van der Waals surface area contributed by atoms with Gasteiger partial charge >= 0.3 is 6.09 Å². The maximum atomic E-state index is 12.9. The molecule has 2 rings (SSSR count). The first-order valence-corrected chi connectivity index (χ1v) is 8.89. The van der Waals surface area contributed by atoms with Crippen molar-refractivity contribution in [2.24, 2.45) is 5.92 Å². The molecule has 2 amide bonds. The van der Waals surface area contributed by atoms with Gasteiger partial charge in [-0.15, -0.1) is 0 Å². The number of ether oxygens (including phenoxy) is 3. The van der Waals surface area contributed by atoms with E-state index in [2.05, 4.69) is 0 Å². The molecule has 1 heterocycles. The molecule has 0 bridgehead atoms. The molecule has 0 spiro atoms. The summed E-state index contributed by atoms with van der Waals surface area (Å²) in [6.07, 6.45) is 0.390. The van der Waals surface area contributed by atoms with Crippen molar-refractivity contribution < 1.29 is 23.8 Å². The molecule has 26 heavy (non-hydrogen) atoms. The van der Waals surface area contributed by atoms with Crippen LogP contribution >= 0.6 is 0 Å². The number of carbonyl (C=O) groups is 2. The van der Waals surface area contributed by atoms with Crippen LogP contribution in [-0.2, 0) is 4.74 Å². The molecule has 0 aliphatic carbocycles. The van der Waals surface area contributed by atoms with Gasteiger partial charge in [-0.1, -0.05) is 19.9 Å². The Labute approximate surface area is 154 Å². The van der Waals surface area contributed by atoms with Crippen molar-refractivity contribution in [2.75, 3.05) is 47.0 Å². The van der Waals surface area contributed by atoms with Gasteiger partial charge < -0.3 is 24.0 Å². The highest BCUT2D eigenvalue weighted by atomic mass is 16.6. The molecule has 7 heteroatoms. The molecular weight excluding hydrogens is 336 g/mol. The van der Waals surface area contributed by atoms with Crippen molar-refractivity contribution >= 4 is 12.0 Å². The highest BCUT2D eigenvalue weighted by Crippen LogP contribution is 2.31. The summed E-state index contributed by atoms with van der Waals surface area (Å²) in [7, 11) is 3.06. The fraction of sp³-hybridized carbons (Fsp3) is 0.579. The first-order chi connectivity index (χ1) is 12.5. The summed E-state index contributed by atoms with van der Waals surface area (Å²) in [6.45, 7) is 6.46. The van der Waals surface area contributed by atoms with Gasteiger partial charge in [-0.25, -0.2) is 4.79 Å². The van der Waals surface area contributed by atoms with Crippen LogP contribution < -0.4 is 9.47 Å². The van der Waals surface area contributed by atoms with Crippen LogP contribution in [0.2, 0.25) is 0 Å². The van der Waals surface area contributed by atoms with Crippen LogP contribution in [0.1, 0.15) is 30.6 Å². The van der Waals surface area contributed by atoms with Gasteiger partial charge in [0, 0.05) is 26.2 Å². The summed E-state index contributed by atoms with van der Waals surface area (Å²) < 4.78 is 15.9. The van der Waals surface area contributed by atoms with Crippen molar-refractivity contribution in [1.29, 1.82) is 0 Å². The Morgan fingerprint density at radius 2 is 1.73 bits per heavy atom. The summed E-state index contributed by atoms with van der Waals surface area (Å²) in [5.41, 5.74) is 0.461. The van der Waals surface area contributed by atoms with Gasteiger partial charge in [0.1, 0.15) is 0 Å². The van der Waals surface area contributed by atoms with E-state index in [1.165, 1.54) is 7.11 Å². The Kier molecular flexibility index (Phi) is 7.12. The van der Waals surface area contributed by atoms with Crippen molar-refractivity contribution in [2.45, 2.75) is 20.3 Å². The smallest absolute Gasteiger partial charge is 0.409 e. The zero-order valence-corrected chi connectivity index (χ0v) is 16.0. The van der Waals surface area contributed by atoms with Crippen LogP contribution in [0.4, 0.5) is 4.79 Å².